The summed E-state index contributed by atoms with van der Waals surface area (Å²) in [7, 11) is 0. The highest BCUT2D eigenvalue weighted by Crippen LogP contribution is 2.04. The van der Waals surface area contributed by atoms with E-state index in [-0.39, 0.29) is 5.56 Å². The van der Waals surface area contributed by atoms with E-state index in [2.05, 4.69) is 10.3 Å². The van der Waals surface area contributed by atoms with E-state index in [9.17, 15) is 4.79 Å². The van der Waals surface area contributed by atoms with Gasteiger partial charge < -0.3 is 5.32 Å². The maximum absolute atomic E-state index is 11.9. The largest absolute Gasteiger partial charge is 0.383 e. The summed E-state index contributed by atoms with van der Waals surface area (Å²) in [6.07, 6.45) is 1.60. The average Bonchev–Trinajstić information content (AvgIpc) is 2.40. The van der Waals surface area contributed by atoms with Gasteiger partial charge in [-0.2, -0.15) is 0 Å². The molecule has 5 heteroatoms. The van der Waals surface area contributed by atoms with Gasteiger partial charge in [-0.05, 0) is 41.6 Å². The lowest BCUT2D eigenvalue weighted by Gasteiger charge is -2.09. The molecule has 1 aromatic carbocycles. The van der Waals surface area contributed by atoms with Crippen LogP contribution in [0.1, 0.15) is 5.69 Å². The molecule has 18 heavy (non-hydrogen) atoms. The number of hydrogen-bond donors (Lipinski definition) is 1. The van der Waals surface area contributed by atoms with Gasteiger partial charge in [0.1, 0.15) is 0 Å². The minimum atomic E-state index is 0.0259. The Kier molecular flexibility index (Phi) is 4.35. The molecule has 0 spiro atoms. The van der Waals surface area contributed by atoms with Crippen molar-refractivity contribution in [3.8, 4) is 0 Å². The van der Waals surface area contributed by atoms with Crippen LogP contribution in [0, 0.1) is 10.5 Å². The fourth-order valence-electron chi connectivity index (χ4n) is 1.58. The lowest BCUT2D eigenvalue weighted by atomic mass is 10.3. The van der Waals surface area contributed by atoms with Gasteiger partial charge in [-0.25, -0.2) is 4.98 Å². The lowest BCUT2D eigenvalue weighted by molar-refractivity contribution is 0.672. The number of anilines is 1. The molecule has 0 radical (unpaired) electrons. The van der Waals surface area contributed by atoms with Crippen molar-refractivity contribution in [2.45, 2.75) is 13.5 Å². The fraction of sp³-hybridized carbons (Fsp3) is 0.231. The third kappa shape index (κ3) is 3.10. The maximum atomic E-state index is 11.9. The van der Waals surface area contributed by atoms with Crippen molar-refractivity contribution in [1.82, 2.24) is 9.55 Å². The Labute approximate surface area is 119 Å². The molecule has 1 aromatic heterocycles. The molecule has 0 atom stereocenters. The molecular weight excluding hydrogens is 341 g/mol. The monoisotopic (exact) mass is 355 g/mol. The number of para-hydroxylation sites is 1. The van der Waals surface area contributed by atoms with Crippen molar-refractivity contribution in [2.24, 2.45) is 0 Å². The van der Waals surface area contributed by atoms with E-state index in [1.54, 1.807) is 10.9 Å². The zero-order chi connectivity index (χ0) is 13.0. The maximum Gasteiger partial charge on any atom is 0.267 e. The minimum Gasteiger partial charge on any atom is -0.383 e. The summed E-state index contributed by atoms with van der Waals surface area (Å²) < 4.78 is 2.32. The number of aryl methyl sites for hydroxylation is 1. The van der Waals surface area contributed by atoms with E-state index in [1.165, 1.54) is 0 Å². The second-order valence-electron chi connectivity index (χ2n) is 3.94. The van der Waals surface area contributed by atoms with Crippen LogP contribution >= 0.6 is 22.6 Å². The molecule has 94 valence electrons. The highest BCUT2D eigenvalue weighted by Gasteiger charge is 2.04. The summed E-state index contributed by atoms with van der Waals surface area (Å²) in [4.78, 5) is 16.1. The molecule has 1 heterocycles. The van der Waals surface area contributed by atoms with Crippen LogP contribution in [-0.2, 0) is 6.54 Å². The van der Waals surface area contributed by atoms with Crippen LogP contribution in [0.25, 0.3) is 0 Å². The van der Waals surface area contributed by atoms with Crippen LogP contribution in [0.4, 0.5) is 5.69 Å². The van der Waals surface area contributed by atoms with Gasteiger partial charge in [0.2, 0.25) is 0 Å². The van der Waals surface area contributed by atoms with Crippen LogP contribution in [-0.4, -0.2) is 16.1 Å². The molecule has 0 unspecified atom stereocenters. The highest BCUT2D eigenvalue weighted by atomic mass is 127. The second kappa shape index (κ2) is 5.99. The second-order valence-corrected chi connectivity index (χ2v) is 5.01. The van der Waals surface area contributed by atoms with Gasteiger partial charge in [-0.15, -0.1) is 0 Å². The van der Waals surface area contributed by atoms with Gasteiger partial charge in [-0.1, -0.05) is 18.2 Å². The number of nitrogens with zero attached hydrogens (tertiary/aromatic N) is 2. The first-order chi connectivity index (χ1) is 8.68. The molecule has 0 saturated carbocycles. The molecule has 2 rings (SSSR count). The standard InChI is InChI=1S/C13H14IN3O/c1-10-12(14)13(18)17(9-16-10)8-7-15-11-5-3-2-4-6-11/h2-6,9,15H,7-8H2,1H3. The predicted molar refractivity (Wildman–Crippen MR) is 80.9 cm³/mol. The highest BCUT2D eigenvalue weighted by molar-refractivity contribution is 14.1. The zero-order valence-electron chi connectivity index (χ0n) is 10.1. The number of nitrogens with one attached hydrogen (secondary N) is 1. The van der Waals surface area contributed by atoms with E-state index in [1.807, 2.05) is 59.8 Å². The number of rotatable bonds is 4. The summed E-state index contributed by atoms with van der Waals surface area (Å²) >= 11 is 2.04. The Bertz CT molecular complexity index is 581. The molecule has 1 N–H and O–H groups in total. The normalized spacial score (nSPS) is 10.3. The van der Waals surface area contributed by atoms with Gasteiger partial charge in [-0.3, -0.25) is 9.36 Å². The molecule has 0 aliphatic carbocycles. The quantitative estimate of drug-likeness (QED) is 0.856. The van der Waals surface area contributed by atoms with Crippen molar-refractivity contribution >= 4 is 28.3 Å². The van der Waals surface area contributed by atoms with Gasteiger partial charge >= 0.3 is 0 Å². The topological polar surface area (TPSA) is 46.9 Å². The van der Waals surface area contributed by atoms with Crippen LogP contribution in [0.15, 0.2) is 41.5 Å². The van der Waals surface area contributed by atoms with Crippen LogP contribution < -0.4 is 10.9 Å². The summed E-state index contributed by atoms with van der Waals surface area (Å²) in [5.41, 5.74) is 1.87. The zero-order valence-corrected chi connectivity index (χ0v) is 12.2. The van der Waals surface area contributed by atoms with Crippen molar-refractivity contribution in [2.75, 3.05) is 11.9 Å². The SMILES string of the molecule is Cc1ncn(CCNc2ccccc2)c(=O)c1I. The Morgan fingerprint density at radius 3 is 2.78 bits per heavy atom. The average molecular weight is 355 g/mol. The molecule has 0 fully saturated rings. The molecule has 2 aromatic rings. The van der Waals surface area contributed by atoms with Gasteiger partial charge in [0, 0.05) is 18.8 Å². The van der Waals surface area contributed by atoms with Crippen molar-refractivity contribution in [1.29, 1.82) is 0 Å². The summed E-state index contributed by atoms with van der Waals surface area (Å²) in [6.45, 7) is 3.15. The van der Waals surface area contributed by atoms with Crippen LogP contribution in [0.2, 0.25) is 0 Å². The molecule has 4 nitrogen and oxygen atoms in total. The van der Waals surface area contributed by atoms with Gasteiger partial charge in [0.05, 0.1) is 15.6 Å². The van der Waals surface area contributed by atoms with E-state index in [0.717, 1.165) is 11.4 Å². The summed E-state index contributed by atoms with van der Waals surface area (Å²) in [5.74, 6) is 0. The molecule has 0 aliphatic rings. The third-order valence-corrected chi connectivity index (χ3v) is 3.85. The Hall–Kier alpha value is -1.37. The Morgan fingerprint density at radius 1 is 1.33 bits per heavy atom. The number of hydrogen-bond acceptors (Lipinski definition) is 3. The van der Waals surface area contributed by atoms with Gasteiger partial charge in [0.25, 0.3) is 5.56 Å². The first-order valence-electron chi connectivity index (χ1n) is 5.69. The number of benzene rings is 1. The van der Waals surface area contributed by atoms with Crippen LogP contribution in [0.3, 0.4) is 0 Å². The van der Waals surface area contributed by atoms with Crippen LogP contribution in [0.5, 0.6) is 0 Å². The summed E-state index contributed by atoms with van der Waals surface area (Å²) in [6, 6.07) is 9.93. The van der Waals surface area contributed by atoms with Crippen molar-refractivity contribution in [3.05, 3.63) is 56.3 Å². The summed E-state index contributed by atoms with van der Waals surface area (Å²) in [5, 5.41) is 3.26. The van der Waals surface area contributed by atoms with Gasteiger partial charge in [0.15, 0.2) is 0 Å². The first-order valence-corrected chi connectivity index (χ1v) is 6.77. The van der Waals surface area contributed by atoms with Crippen molar-refractivity contribution < 1.29 is 0 Å². The van der Waals surface area contributed by atoms with E-state index < -0.39 is 0 Å². The van der Waals surface area contributed by atoms with E-state index in [0.29, 0.717) is 16.7 Å². The fourth-order valence-corrected chi connectivity index (χ4v) is 2.03. The number of aromatic nitrogens is 2. The molecule has 0 saturated heterocycles. The minimum absolute atomic E-state index is 0.0259. The number of halogens is 1. The Morgan fingerprint density at radius 2 is 2.06 bits per heavy atom. The Balaban J connectivity index is 1.99. The smallest absolute Gasteiger partial charge is 0.267 e. The van der Waals surface area contributed by atoms with Crippen molar-refractivity contribution in [3.63, 3.8) is 0 Å². The molecule has 0 aliphatic heterocycles. The van der Waals surface area contributed by atoms with E-state index in [4.69, 9.17) is 0 Å². The molecule has 0 amide bonds. The lowest BCUT2D eigenvalue weighted by Crippen LogP contribution is -2.26. The third-order valence-electron chi connectivity index (χ3n) is 2.61. The predicted octanol–water partition coefficient (Wildman–Crippen LogP) is 2.27. The molecular formula is C13H14IN3O. The molecule has 0 bridgehead atoms. The first kappa shape index (κ1) is 13.1. The van der Waals surface area contributed by atoms with E-state index >= 15 is 0 Å².